The Bertz CT molecular complexity index is 859. The van der Waals surface area contributed by atoms with Gasteiger partial charge in [-0.1, -0.05) is 48.0 Å². The molecule has 2 aromatic rings. The van der Waals surface area contributed by atoms with Crippen LogP contribution in [0.1, 0.15) is 25.0 Å². The van der Waals surface area contributed by atoms with Crippen LogP contribution in [0.5, 0.6) is 5.75 Å². The molecule has 0 aliphatic rings. The van der Waals surface area contributed by atoms with E-state index in [9.17, 15) is 9.18 Å². The summed E-state index contributed by atoms with van der Waals surface area (Å²) in [5.41, 5.74) is 8.38. The number of nitrogens with one attached hydrogen (secondary N) is 3. The van der Waals surface area contributed by atoms with Crippen LogP contribution in [-0.2, 0) is 11.3 Å². The molecule has 2 aromatic carbocycles. The highest BCUT2D eigenvalue weighted by Gasteiger charge is 2.13. The number of anilines is 1. The van der Waals surface area contributed by atoms with E-state index in [1.54, 1.807) is 50.6 Å². The molecule has 2 rings (SSSR count). The van der Waals surface area contributed by atoms with Gasteiger partial charge in [0.1, 0.15) is 11.6 Å². The highest BCUT2D eigenvalue weighted by Crippen LogP contribution is 2.30. The summed E-state index contributed by atoms with van der Waals surface area (Å²) in [6.07, 6.45) is 0. The van der Waals surface area contributed by atoms with Crippen LogP contribution in [0.25, 0.3) is 5.70 Å². The minimum absolute atomic E-state index is 0.0525. The molecule has 164 valence electrons. The quantitative estimate of drug-likeness (QED) is 0.437. The summed E-state index contributed by atoms with van der Waals surface area (Å²) in [4.78, 5) is 12.2. The molecule has 0 saturated carbocycles. The van der Waals surface area contributed by atoms with Crippen molar-refractivity contribution < 1.29 is 13.9 Å². The Morgan fingerprint density at radius 3 is 2.50 bits per heavy atom. The largest absolute Gasteiger partial charge is 0.496 e. The second kappa shape index (κ2) is 13.7. The number of amides is 1. The highest BCUT2D eigenvalue weighted by molar-refractivity contribution is 9.11. The fourth-order valence-electron chi connectivity index (χ4n) is 2.66. The van der Waals surface area contributed by atoms with Gasteiger partial charge in [-0.2, -0.15) is 0 Å². The second-order valence-electron chi connectivity index (χ2n) is 5.89. The Morgan fingerprint density at radius 1 is 1.20 bits per heavy atom. The molecule has 0 aliphatic heterocycles. The van der Waals surface area contributed by atoms with Crippen molar-refractivity contribution in [3.8, 4) is 5.75 Å². The number of hydrogen-bond acceptors (Lipinski definition) is 5. The number of methoxy groups -OCH3 is 1. The zero-order valence-electron chi connectivity index (χ0n) is 17.8. The van der Waals surface area contributed by atoms with E-state index in [2.05, 4.69) is 31.9 Å². The molecule has 0 aromatic heterocycles. The van der Waals surface area contributed by atoms with Crippen LogP contribution in [0.2, 0.25) is 0 Å². The van der Waals surface area contributed by atoms with Crippen LogP contribution in [-0.4, -0.2) is 33.2 Å². The van der Waals surface area contributed by atoms with Gasteiger partial charge in [0.15, 0.2) is 0 Å². The summed E-state index contributed by atoms with van der Waals surface area (Å²) in [6, 6.07) is 11.8. The predicted molar refractivity (Wildman–Crippen MR) is 125 cm³/mol. The lowest BCUT2D eigenvalue weighted by molar-refractivity contribution is -0.115. The van der Waals surface area contributed by atoms with Gasteiger partial charge in [-0.3, -0.25) is 4.79 Å². The maximum atomic E-state index is 13.6. The van der Waals surface area contributed by atoms with Crippen molar-refractivity contribution in [3.05, 3.63) is 63.9 Å². The third-order valence-corrected chi connectivity index (χ3v) is 4.73. The van der Waals surface area contributed by atoms with Crippen LogP contribution in [0.3, 0.4) is 0 Å². The first-order valence-electron chi connectivity index (χ1n) is 9.69. The Hall–Kier alpha value is -2.42. The normalized spacial score (nSPS) is 11.0. The molecule has 0 aliphatic carbocycles. The molecular weight excluding hydrogens is 451 g/mol. The van der Waals surface area contributed by atoms with Crippen molar-refractivity contribution >= 4 is 33.2 Å². The standard InChI is InChI=1S/C20H24BrFN4O2.C2H6/c1-24-20(16(21)10-23)15-9-14(7-8-18(15)28-2)26-19(27)12-25-11-13-5-3-4-6-17(13)22;1-2/h3-9,24-25H,10-12,23H2,1-2H3,(H,26,27);1-2H3/b20-16+;. The molecule has 6 nitrogen and oxygen atoms in total. The SMILES string of the molecule is CC.CN/C(=C(/Br)CN)c1cc(NC(=O)CNCc2ccccc2F)ccc1OC. The number of rotatable bonds is 9. The molecule has 0 unspecified atom stereocenters. The summed E-state index contributed by atoms with van der Waals surface area (Å²) in [5.74, 6) is 0.109. The predicted octanol–water partition coefficient (Wildman–Crippen LogP) is 3.83. The summed E-state index contributed by atoms with van der Waals surface area (Å²) < 4.78 is 19.8. The van der Waals surface area contributed by atoms with Crippen LogP contribution >= 0.6 is 15.9 Å². The average molecular weight is 481 g/mol. The summed E-state index contributed by atoms with van der Waals surface area (Å²) >= 11 is 3.45. The minimum atomic E-state index is -0.299. The molecule has 0 bridgehead atoms. The minimum Gasteiger partial charge on any atom is -0.496 e. The van der Waals surface area contributed by atoms with E-state index in [1.807, 2.05) is 13.8 Å². The van der Waals surface area contributed by atoms with E-state index >= 15 is 0 Å². The highest BCUT2D eigenvalue weighted by atomic mass is 79.9. The number of halogens is 2. The first-order chi connectivity index (χ1) is 14.5. The van der Waals surface area contributed by atoms with Crippen molar-refractivity contribution in [1.82, 2.24) is 10.6 Å². The summed E-state index contributed by atoms with van der Waals surface area (Å²) in [6.45, 7) is 4.64. The Kier molecular flexibility index (Phi) is 11.7. The first kappa shape index (κ1) is 25.6. The van der Waals surface area contributed by atoms with Gasteiger partial charge in [0, 0.05) is 41.4 Å². The number of nitrogens with two attached hydrogens (primary N) is 1. The summed E-state index contributed by atoms with van der Waals surface area (Å²) in [7, 11) is 3.36. The van der Waals surface area contributed by atoms with Crippen molar-refractivity contribution in [1.29, 1.82) is 0 Å². The molecule has 0 spiro atoms. The molecule has 1 amide bonds. The van der Waals surface area contributed by atoms with E-state index in [-0.39, 0.29) is 24.8 Å². The summed E-state index contributed by atoms with van der Waals surface area (Å²) in [5, 5.41) is 8.86. The third kappa shape index (κ3) is 7.44. The zero-order chi connectivity index (χ0) is 22.5. The van der Waals surface area contributed by atoms with E-state index in [0.29, 0.717) is 23.5 Å². The van der Waals surface area contributed by atoms with Crippen molar-refractivity contribution in [3.63, 3.8) is 0 Å². The molecule has 0 saturated heterocycles. The van der Waals surface area contributed by atoms with E-state index in [4.69, 9.17) is 10.5 Å². The number of carbonyl (C=O) groups is 1. The Balaban J connectivity index is 0.00000218. The lowest BCUT2D eigenvalue weighted by Crippen LogP contribution is -2.28. The van der Waals surface area contributed by atoms with Crippen molar-refractivity contribution in [2.75, 3.05) is 32.6 Å². The fraction of sp³-hybridized carbons (Fsp3) is 0.318. The maximum Gasteiger partial charge on any atom is 0.238 e. The molecule has 0 fully saturated rings. The molecule has 30 heavy (non-hydrogen) atoms. The number of hydrogen-bond donors (Lipinski definition) is 4. The van der Waals surface area contributed by atoms with Crippen LogP contribution < -0.4 is 26.4 Å². The fourth-order valence-corrected chi connectivity index (χ4v) is 3.07. The van der Waals surface area contributed by atoms with Gasteiger partial charge in [-0.05, 0) is 24.3 Å². The number of benzene rings is 2. The molecule has 0 heterocycles. The van der Waals surface area contributed by atoms with Crippen LogP contribution in [0, 0.1) is 5.82 Å². The van der Waals surface area contributed by atoms with Gasteiger partial charge in [0.05, 0.1) is 19.4 Å². The van der Waals surface area contributed by atoms with Gasteiger partial charge < -0.3 is 26.4 Å². The van der Waals surface area contributed by atoms with E-state index < -0.39 is 0 Å². The maximum absolute atomic E-state index is 13.6. The van der Waals surface area contributed by atoms with Gasteiger partial charge in [-0.25, -0.2) is 4.39 Å². The monoisotopic (exact) mass is 480 g/mol. The number of carbonyl (C=O) groups excluding carboxylic acids is 1. The topological polar surface area (TPSA) is 88.4 Å². The first-order valence-corrected chi connectivity index (χ1v) is 10.5. The lowest BCUT2D eigenvalue weighted by atomic mass is 10.1. The molecule has 0 atom stereocenters. The zero-order valence-corrected chi connectivity index (χ0v) is 19.4. The van der Waals surface area contributed by atoms with Gasteiger partial charge in [0.25, 0.3) is 0 Å². The smallest absolute Gasteiger partial charge is 0.238 e. The van der Waals surface area contributed by atoms with E-state index in [1.165, 1.54) is 6.07 Å². The van der Waals surface area contributed by atoms with Crippen molar-refractivity contribution in [2.45, 2.75) is 20.4 Å². The number of ether oxygens (including phenoxy) is 1. The Morgan fingerprint density at radius 2 is 1.90 bits per heavy atom. The molecule has 8 heteroatoms. The van der Waals surface area contributed by atoms with Crippen LogP contribution in [0.4, 0.5) is 10.1 Å². The van der Waals surface area contributed by atoms with Crippen LogP contribution in [0.15, 0.2) is 46.9 Å². The molecular formula is C22H30BrFN4O2. The lowest BCUT2D eigenvalue weighted by Gasteiger charge is -2.16. The van der Waals surface area contributed by atoms with Gasteiger partial charge in [-0.15, -0.1) is 0 Å². The Labute approximate surface area is 186 Å². The van der Waals surface area contributed by atoms with Gasteiger partial charge >= 0.3 is 0 Å². The van der Waals surface area contributed by atoms with Crippen molar-refractivity contribution in [2.24, 2.45) is 5.73 Å². The molecule has 5 N–H and O–H groups in total. The third-order valence-electron chi connectivity index (χ3n) is 4.01. The average Bonchev–Trinajstić information content (AvgIpc) is 2.77. The second-order valence-corrected chi connectivity index (χ2v) is 6.85. The van der Waals surface area contributed by atoms with E-state index in [0.717, 1.165) is 15.7 Å². The van der Waals surface area contributed by atoms with Gasteiger partial charge in [0.2, 0.25) is 5.91 Å². The molecule has 0 radical (unpaired) electrons.